The number of carbonyl (C=O) groups is 1. The largest absolute Gasteiger partial charge is 0.507 e. The molecule has 2 rings (SSSR count). The number of hydrogen-bond acceptors (Lipinski definition) is 4. The topological polar surface area (TPSA) is 63.3 Å². The fourth-order valence-electron chi connectivity index (χ4n) is 2.19. The highest BCUT2D eigenvalue weighted by Crippen LogP contribution is 2.29. The Kier molecular flexibility index (Phi) is 6.21. The SMILES string of the molecule is Cc1ccc(SC(N)=S)c(C(=O)C=C(O)c2ccc(Br)cc2)c1C. The summed E-state index contributed by atoms with van der Waals surface area (Å²) in [5.74, 6) is -0.366. The second-order valence-electron chi connectivity index (χ2n) is 5.20. The lowest BCUT2D eigenvalue weighted by molar-refractivity contribution is 0.104. The number of halogens is 1. The average molecular weight is 422 g/mol. The molecule has 2 aromatic carbocycles. The molecule has 124 valence electrons. The molecule has 0 aliphatic rings. The Labute approximate surface area is 159 Å². The molecule has 3 nitrogen and oxygen atoms in total. The zero-order valence-electron chi connectivity index (χ0n) is 13.2. The van der Waals surface area contributed by atoms with E-state index in [1.165, 1.54) is 17.8 Å². The molecule has 0 saturated heterocycles. The third-order valence-corrected chi connectivity index (χ3v) is 5.10. The van der Waals surface area contributed by atoms with Gasteiger partial charge in [0.25, 0.3) is 0 Å². The summed E-state index contributed by atoms with van der Waals surface area (Å²) in [5, 5.41) is 10.2. The Bertz CT molecular complexity index is 830. The van der Waals surface area contributed by atoms with Crippen LogP contribution in [0.2, 0.25) is 0 Å². The number of aliphatic hydroxyl groups excluding tert-OH is 1. The van der Waals surface area contributed by atoms with Crippen molar-refractivity contribution in [2.75, 3.05) is 0 Å². The van der Waals surface area contributed by atoms with Crippen molar-refractivity contribution < 1.29 is 9.90 Å². The first kappa shape index (κ1) is 18.7. The highest BCUT2D eigenvalue weighted by molar-refractivity contribution is 9.10. The predicted octanol–water partition coefficient (Wildman–Crippen LogP) is 5.18. The van der Waals surface area contributed by atoms with Gasteiger partial charge in [-0.2, -0.15) is 0 Å². The number of aliphatic hydroxyl groups is 1. The summed E-state index contributed by atoms with van der Waals surface area (Å²) in [6, 6.07) is 10.8. The van der Waals surface area contributed by atoms with E-state index in [1.807, 2.05) is 26.0 Å². The van der Waals surface area contributed by atoms with Crippen molar-refractivity contribution in [3.8, 4) is 0 Å². The Morgan fingerprint density at radius 1 is 1.21 bits per heavy atom. The van der Waals surface area contributed by atoms with Gasteiger partial charge in [-0.1, -0.05) is 58.1 Å². The van der Waals surface area contributed by atoms with Gasteiger partial charge >= 0.3 is 0 Å². The summed E-state index contributed by atoms with van der Waals surface area (Å²) in [7, 11) is 0. The van der Waals surface area contributed by atoms with E-state index in [4.69, 9.17) is 18.0 Å². The van der Waals surface area contributed by atoms with E-state index in [-0.39, 0.29) is 15.9 Å². The average Bonchev–Trinajstić information content (AvgIpc) is 2.51. The molecular formula is C18H16BrNO2S2. The third kappa shape index (κ3) is 4.47. The molecule has 6 heteroatoms. The van der Waals surface area contributed by atoms with Gasteiger partial charge < -0.3 is 10.8 Å². The minimum Gasteiger partial charge on any atom is -0.507 e. The fraction of sp³-hybridized carbons (Fsp3) is 0.111. The highest BCUT2D eigenvalue weighted by atomic mass is 79.9. The van der Waals surface area contributed by atoms with Crippen LogP contribution in [0.5, 0.6) is 0 Å². The van der Waals surface area contributed by atoms with Gasteiger partial charge in [-0.05, 0) is 43.2 Å². The number of benzene rings is 2. The molecule has 0 amide bonds. The number of thioether (sulfide) groups is 1. The quantitative estimate of drug-likeness (QED) is 0.234. The Morgan fingerprint density at radius 3 is 2.42 bits per heavy atom. The zero-order chi connectivity index (χ0) is 17.9. The van der Waals surface area contributed by atoms with E-state index in [2.05, 4.69) is 15.9 Å². The Hall–Kier alpha value is -1.63. The molecule has 0 heterocycles. The van der Waals surface area contributed by atoms with E-state index in [9.17, 15) is 9.90 Å². The molecule has 3 N–H and O–H groups in total. The molecule has 0 aliphatic carbocycles. The van der Waals surface area contributed by atoms with Crippen LogP contribution in [0.25, 0.3) is 5.76 Å². The summed E-state index contributed by atoms with van der Waals surface area (Å²) >= 11 is 9.45. The molecule has 24 heavy (non-hydrogen) atoms. The predicted molar refractivity (Wildman–Crippen MR) is 108 cm³/mol. The number of nitrogens with two attached hydrogens (primary N) is 1. The van der Waals surface area contributed by atoms with Crippen LogP contribution in [0.15, 0.2) is 51.8 Å². The maximum absolute atomic E-state index is 12.7. The van der Waals surface area contributed by atoms with Crippen molar-refractivity contribution in [2.24, 2.45) is 5.73 Å². The second kappa shape index (κ2) is 7.96. The van der Waals surface area contributed by atoms with E-state index in [1.54, 1.807) is 24.3 Å². The lowest BCUT2D eigenvalue weighted by Gasteiger charge is -2.12. The Balaban J connectivity index is 2.45. The van der Waals surface area contributed by atoms with Crippen molar-refractivity contribution in [3.05, 3.63) is 69.2 Å². The fourth-order valence-corrected chi connectivity index (χ4v) is 3.43. The van der Waals surface area contributed by atoms with Gasteiger partial charge in [0, 0.05) is 26.6 Å². The molecule has 0 spiro atoms. The first-order valence-corrected chi connectivity index (χ1v) is 9.09. The first-order chi connectivity index (χ1) is 11.3. The van der Waals surface area contributed by atoms with Gasteiger partial charge in [0.2, 0.25) is 0 Å². The first-order valence-electron chi connectivity index (χ1n) is 7.08. The van der Waals surface area contributed by atoms with Crippen LogP contribution in [0, 0.1) is 13.8 Å². The van der Waals surface area contributed by atoms with Crippen molar-refractivity contribution in [1.29, 1.82) is 0 Å². The van der Waals surface area contributed by atoms with E-state index in [0.717, 1.165) is 15.6 Å². The van der Waals surface area contributed by atoms with Gasteiger partial charge in [0.15, 0.2) is 5.78 Å². The molecule has 0 radical (unpaired) electrons. The van der Waals surface area contributed by atoms with Crippen LogP contribution in [0.1, 0.15) is 27.0 Å². The summed E-state index contributed by atoms with van der Waals surface area (Å²) < 4.78 is 1.14. The van der Waals surface area contributed by atoms with Gasteiger partial charge in [0.05, 0.1) is 0 Å². The number of aryl methyl sites for hydroxylation is 1. The smallest absolute Gasteiger partial charge is 0.190 e. The molecule has 0 saturated carbocycles. The summed E-state index contributed by atoms with van der Waals surface area (Å²) in [6.07, 6.45) is 1.23. The monoisotopic (exact) mass is 421 g/mol. The van der Waals surface area contributed by atoms with E-state index >= 15 is 0 Å². The summed E-state index contributed by atoms with van der Waals surface area (Å²) in [4.78, 5) is 13.4. The van der Waals surface area contributed by atoms with Gasteiger partial charge in [-0.25, -0.2) is 0 Å². The highest BCUT2D eigenvalue weighted by Gasteiger charge is 2.16. The normalized spacial score (nSPS) is 11.4. The standard InChI is InChI=1S/C18H16BrNO2S2/c1-10-3-8-16(24-18(20)23)17(11(10)2)15(22)9-14(21)12-4-6-13(19)7-5-12/h3-9,21H,1-2H3,(H2,20,23). The lowest BCUT2D eigenvalue weighted by atomic mass is 9.99. The summed E-state index contributed by atoms with van der Waals surface area (Å²) in [5.41, 5.74) is 8.52. The third-order valence-electron chi connectivity index (χ3n) is 3.56. The number of ketones is 1. The van der Waals surface area contributed by atoms with E-state index < -0.39 is 0 Å². The minimum atomic E-state index is -0.282. The molecule has 0 aliphatic heterocycles. The molecule has 0 bridgehead atoms. The van der Waals surface area contributed by atoms with Crippen LogP contribution in [0.3, 0.4) is 0 Å². The van der Waals surface area contributed by atoms with Crippen LogP contribution in [-0.4, -0.2) is 15.2 Å². The van der Waals surface area contributed by atoms with Crippen LogP contribution < -0.4 is 5.73 Å². The van der Waals surface area contributed by atoms with Crippen molar-refractivity contribution in [3.63, 3.8) is 0 Å². The van der Waals surface area contributed by atoms with Gasteiger partial charge in [-0.3, -0.25) is 4.79 Å². The Morgan fingerprint density at radius 2 is 1.83 bits per heavy atom. The number of thiocarbonyl (C=S) groups is 1. The zero-order valence-corrected chi connectivity index (χ0v) is 16.4. The van der Waals surface area contributed by atoms with Crippen molar-refractivity contribution in [1.82, 2.24) is 0 Å². The van der Waals surface area contributed by atoms with E-state index in [0.29, 0.717) is 16.0 Å². The number of carbonyl (C=O) groups excluding carboxylic acids is 1. The molecule has 0 aromatic heterocycles. The van der Waals surface area contributed by atoms with Crippen LogP contribution >= 0.6 is 39.9 Å². The van der Waals surface area contributed by atoms with Crippen LogP contribution in [0.4, 0.5) is 0 Å². The molecule has 0 atom stereocenters. The molecular weight excluding hydrogens is 406 g/mol. The maximum Gasteiger partial charge on any atom is 0.190 e. The number of hydrogen-bond donors (Lipinski definition) is 2. The lowest BCUT2D eigenvalue weighted by Crippen LogP contribution is -2.07. The molecule has 2 aromatic rings. The van der Waals surface area contributed by atoms with Gasteiger partial charge in [-0.15, -0.1) is 0 Å². The molecule has 0 unspecified atom stereocenters. The summed E-state index contributed by atoms with van der Waals surface area (Å²) in [6.45, 7) is 3.80. The maximum atomic E-state index is 12.7. The van der Waals surface area contributed by atoms with Crippen LogP contribution in [-0.2, 0) is 0 Å². The molecule has 0 fully saturated rings. The van der Waals surface area contributed by atoms with Crippen molar-refractivity contribution in [2.45, 2.75) is 18.7 Å². The second-order valence-corrected chi connectivity index (χ2v) is 7.90. The van der Waals surface area contributed by atoms with Gasteiger partial charge in [0.1, 0.15) is 10.1 Å². The minimum absolute atomic E-state index is 0.0836. The number of rotatable bonds is 4. The number of allylic oxidation sites excluding steroid dienone is 1. The van der Waals surface area contributed by atoms with Crippen molar-refractivity contribution >= 4 is 55.8 Å².